The van der Waals surface area contributed by atoms with Crippen LogP contribution in [0.25, 0.3) is 10.9 Å². The minimum atomic E-state index is 0.640. The third-order valence-electron chi connectivity index (χ3n) is 2.67. The zero-order chi connectivity index (χ0) is 13.3. The normalized spacial score (nSPS) is 10.8. The van der Waals surface area contributed by atoms with Crippen molar-refractivity contribution >= 4 is 16.9 Å². The number of para-hydroxylation sites is 1. The Morgan fingerprint density at radius 3 is 2.95 bits per heavy atom. The number of nitrogens with one attached hydrogen (secondary N) is 1. The van der Waals surface area contributed by atoms with Gasteiger partial charge in [-0.15, -0.1) is 0 Å². The van der Waals surface area contributed by atoms with Gasteiger partial charge in [-0.25, -0.2) is 9.97 Å². The maximum atomic E-state index is 5.38. The van der Waals surface area contributed by atoms with Crippen molar-refractivity contribution in [1.82, 2.24) is 9.97 Å². The Hall–Kier alpha value is -1.72. The van der Waals surface area contributed by atoms with Crippen molar-refractivity contribution in [2.45, 2.75) is 6.42 Å². The topological polar surface area (TPSA) is 56.3 Å². The summed E-state index contributed by atoms with van der Waals surface area (Å²) in [6.07, 6.45) is 2.75. The lowest BCUT2D eigenvalue weighted by Crippen LogP contribution is -2.10. The number of aromatic nitrogens is 2. The number of anilines is 1. The Kier molecular flexibility index (Phi) is 5.52. The minimum Gasteiger partial charge on any atom is -0.382 e. The Morgan fingerprint density at radius 1 is 1.16 bits per heavy atom. The molecule has 0 aliphatic carbocycles. The molecule has 0 spiro atoms. The molecule has 19 heavy (non-hydrogen) atoms. The van der Waals surface area contributed by atoms with E-state index in [1.165, 1.54) is 0 Å². The van der Waals surface area contributed by atoms with Crippen LogP contribution in [0.1, 0.15) is 6.42 Å². The lowest BCUT2D eigenvalue weighted by atomic mass is 10.2. The number of hydrogen-bond donors (Lipinski definition) is 1. The van der Waals surface area contributed by atoms with Crippen molar-refractivity contribution in [3.8, 4) is 0 Å². The van der Waals surface area contributed by atoms with E-state index in [9.17, 15) is 0 Å². The fraction of sp³-hybridized carbons (Fsp3) is 0.429. The molecular weight excluding hydrogens is 242 g/mol. The van der Waals surface area contributed by atoms with E-state index in [4.69, 9.17) is 9.47 Å². The second-order valence-corrected chi connectivity index (χ2v) is 4.14. The van der Waals surface area contributed by atoms with Gasteiger partial charge in [0, 0.05) is 31.8 Å². The molecule has 2 aromatic rings. The van der Waals surface area contributed by atoms with E-state index in [2.05, 4.69) is 15.3 Å². The monoisotopic (exact) mass is 261 g/mol. The molecule has 0 amide bonds. The summed E-state index contributed by atoms with van der Waals surface area (Å²) in [5, 5.41) is 4.25. The molecule has 0 aliphatic rings. The first-order valence-electron chi connectivity index (χ1n) is 6.42. The van der Waals surface area contributed by atoms with Gasteiger partial charge in [-0.05, 0) is 12.5 Å². The van der Waals surface area contributed by atoms with Crippen molar-refractivity contribution in [2.75, 3.05) is 38.8 Å². The van der Waals surface area contributed by atoms with Gasteiger partial charge in [-0.1, -0.05) is 18.2 Å². The second-order valence-electron chi connectivity index (χ2n) is 4.14. The number of nitrogens with zero attached hydrogens (tertiary/aromatic N) is 2. The van der Waals surface area contributed by atoms with E-state index in [-0.39, 0.29) is 0 Å². The molecule has 0 saturated carbocycles. The summed E-state index contributed by atoms with van der Waals surface area (Å²) < 4.78 is 10.3. The number of rotatable bonds is 8. The highest BCUT2D eigenvalue weighted by Crippen LogP contribution is 2.11. The number of fused-ring (bicyclic) bond motifs is 1. The molecule has 1 heterocycles. The van der Waals surface area contributed by atoms with Gasteiger partial charge in [0.2, 0.25) is 5.95 Å². The molecule has 0 saturated heterocycles. The van der Waals surface area contributed by atoms with Crippen LogP contribution in [0.15, 0.2) is 30.5 Å². The Balaban J connectivity index is 1.72. The summed E-state index contributed by atoms with van der Waals surface area (Å²) in [7, 11) is 1.67. The van der Waals surface area contributed by atoms with E-state index in [1.807, 2.05) is 30.5 Å². The highest BCUT2D eigenvalue weighted by Gasteiger charge is 1.98. The van der Waals surface area contributed by atoms with Crippen LogP contribution in [-0.2, 0) is 9.47 Å². The van der Waals surface area contributed by atoms with Gasteiger partial charge in [0.15, 0.2) is 0 Å². The molecular formula is C14H19N3O2. The fourth-order valence-electron chi connectivity index (χ4n) is 1.68. The van der Waals surface area contributed by atoms with Crippen LogP contribution >= 0.6 is 0 Å². The molecule has 1 N–H and O–H groups in total. The van der Waals surface area contributed by atoms with Gasteiger partial charge in [-0.2, -0.15) is 0 Å². The lowest BCUT2D eigenvalue weighted by molar-refractivity contribution is 0.0705. The summed E-state index contributed by atoms with van der Waals surface area (Å²) in [6, 6.07) is 7.94. The van der Waals surface area contributed by atoms with Crippen LogP contribution in [0, 0.1) is 0 Å². The standard InChI is InChI=1S/C14H19N3O2/c1-18-9-10-19-8-4-7-15-14-16-11-12-5-2-3-6-13(12)17-14/h2-3,5-6,11H,4,7-10H2,1H3,(H,15,16,17). The van der Waals surface area contributed by atoms with Gasteiger partial charge >= 0.3 is 0 Å². The van der Waals surface area contributed by atoms with Gasteiger partial charge in [0.1, 0.15) is 0 Å². The average molecular weight is 261 g/mol. The van der Waals surface area contributed by atoms with Gasteiger partial charge in [0.05, 0.1) is 18.7 Å². The zero-order valence-corrected chi connectivity index (χ0v) is 11.1. The maximum absolute atomic E-state index is 5.38. The third kappa shape index (κ3) is 4.46. The Labute approximate surface area is 113 Å². The Bertz CT molecular complexity index is 505. The largest absolute Gasteiger partial charge is 0.382 e. The van der Waals surface area contributed by atoms with Crippen molar-refractivity contribution in [1.29, 1.82) is 0 Å². The first-order valence-corrected chi connectivity index (χ1v) is 6.42. The Morgan fingerprint density at radius 2 is 2.05 bits per heavy atom. The van der Waals surface area contributed by atoms with E-state index < -0.39 is 0 Å². The SMILES string of the molecule is COCCOCCCNc1ncc2ccccc2n1. The molecule has 0 radical (unpaired) electrons. The molecule has 5 nitrogen and oxygen atoms in total. The summed E-state index contributed by atoms with van der Waals surface area (Å²) in [4.78, 5) is 8.71. The summed E-state index contributed by atoms with van der Waals surface area (Å²) in [5.74, 6) is 0.663. The average Bonchev–Trinajstić information content (AvgIpc) is 2.46. The van der Waals surface area contributed by atoms with Gasteiger partial charge in [0.25, 0.3) is 0 Å². The molecule has 0 aliphatic heterocycles. The lowest BCUT2D eigenvalue weighted by Gasteiger charge is -2.06. The molecule has 1 aromatic heterocycles. The molecule has 1 aromatic carbocycles. The predicted molar refractivity (Wildman–Crippen MR) is 75.3 cm³/mol. The van der Waals surface area contributed by atoms with Crippen LogP contribution in [0.3, 0.4) is 0 Å². The maximum Gasteiger partial charge on any atom is 0.223 e. The third-order valence-corrected chi connectivity index (χ3v) is 2.67. The first kappa shape index (κ1) is 13.7. The van der Waals surface area contributed by atoms with E-state index in [1.54, 1.807) is 7.11 Å². The smallest absolute Gasteiger partial charge is 0.223 e. The number of ether oxygens (including phenoxy) is 2. The predicted octanol–water partition coefficient (Wildman–Crippen LogP) is 2.09. The minimum absolute atomic E-state index is 0.640. The van der Waals surface area contributed by atoms with Crippen LogP contribution in [-0.4, -0.2) is 43.4 Å². The van der Waals surface area contributed by atoms with Crippen LogP contribution in [0.5, 0.6) is 0 Å². The number of methoxy groups -OCH3 is 1. The molecule has 0 unspecified atom stereocenters. The van der Waals surface area contributed by atoms with Crippen LogP contribution in [0.2, 0.25) is 0 Å². The molecule has 0 atom stereocenters. The van der Waals surface area contributed by atoms with Crippen LogP contribution in [0.4, 0.5) is 5.95 Å². The van der Waals surface area contributed by atoms with Gasteiger partial charge < -0.3 is 14.8 Å². The number of hydrogen-bond acceptors (Lipinski definition) is 5. The van der Waals surface area contributed by atoms with Crippen LogP contribution < -0.4 is 5.32 Å². The first-order chi connectivity index (χ1) is 9.40. The number of benzene rings is 1. The molecule has 2 rings (SSSR count). The molecule has 5 heteroatoms. The summed E-state index contributed by atoms with van der Waals surface area (Å²) in [5.41, 5.74) is 0.955. The van der Waals surface area contributed by atoms with Crippen molar-refractivity contribution in [3.63, 3.8) is 0 Å². The molecule has 0 bridgehead atoms. The summed E-state index contributed by atoms with van der Waals surface area (Å²) in [6.45, 7) is 2.79. The van der Waals surface area contributed by atoms with Crippen molar-refractivity contribution < 1.29 is 9.47 Å². The van der Waals surface area contributed by atoms with Crippen molar-refractivity contribution in [2.24, 2.45) is 0 Å². The second kappa shape index (κ2) is 7.66. The molecule has 102 valence electrons. The van der Waals surface area contributed by atoms with Gasteiger partial charge in [-0.3, -0.25) is 0 Å². The van der Waals surface area contributed by atoms with E-state index >= 15 is 0 Å². The van der Waals surface area contributed by atoms with E-state index in [0.717, 1.165) is 23.9 Å². The van der Waals surface area contributed by atoms with Crippen molar-refractivity contribution in [3.05, 3.63) is 30.5 Å². The zero-order valence-electron chi connectivity index (χ0n) is 11.1. The fourth-order valence-corrected chi connectivity index (χ4v) is 1.68. The molecule has 0 fully saturated rings. The highest BCUT2D eigenvalue weighted by molar-refractivity contribution is 5.78. The highest BCUT2D eigenvalue weighted by atomic mass is 16.5. The summed E-state index contributed by atoms with van der Waals surface area (Å²) >= 11 is 0. The van der Waals surface area contributed by atoms with E-state index in [0.29, 0.717) is 25.8 Å². The quantitative estimate of drug-likeness (QED) is 0.737.